The normalized spacial score (nSPS) is 18.6. The van der Waals surface area contributed by atoms with Gasteiger partial charge in [0.05, 0.1) is 11.7 Å². The summed E-state index contributed by atoms with van der Waals surface area (Å²) in [4.78, 5) is 0. The number of anilines is 1. The Hall–Kier alpha value is -1.05. The Balaban J connectivity index is 1.73. The Bertz CT molecular complexity index is 436. The van der Waals surface area contributed by atoms with Crippen molar-refractivity contribution in [3.05, 3.63) is 28.2 Å². The van der Waals surface area contributed by atoms with E-state index < -0.39 is 0 Å². The first-order chi connectivity index (χ1) is 8.79. The second-order valence-corrected chi connectivity index (χ2v) is 5.36. The standard InChI is InChI=1S/C14H17BrN2O/c15-14-9-12(6-5-11(14)10-16)17-7-1-3-13-4-2-8-18-13/h5-6,9,13,17H,1-4,7-8H2. The van der Waals surface area contributed by atoms with Gasteiger partial charge in [0.1, 0.15) is 6.07 Å². The second-order valence-electron chi connectivity index (χ2n) is 4.51. The summed E-state index contributed by atoms with van der Waals surface area (Å²) in [5.41, 5.74) is 1.72. The number of halogens is 1. The first-order valence-corrected chi connectivity index (χ1v) is 7.14. The number of hydrogen-bond acceptors (Lipinski definition) is 3. The highest BCUT2D eigenvalue weighted by atomic mass is 79.9. The van der Waals surface area contributed by atoms with Crippen molar-refractivity contribution in [2.45, 2.75) is 31.8 Å². The minimum absolute atomic E-state index is 0.472. The minimum Gasteiger partial charge on any atom is -0.385 e. The number of benzene rings is 1. The highest BCUT2D eigenvalue weighted by Gasteiger charge is 2.14. The zero-order chi connectivity index (χ0) is 12.8. The lowest BCUT2D eigenvalue weighted by molar-refractivity contribution is 0.103. The van der Waals surface area contributed by atoms with Crippen LogP contribution in [-0.2, 0) is 4.74 Å². The van der Waals surface area contributed by atoms with Crippen molar-refractivity contribution >= 4 is 21.6 Å². The number of hydrogen-bond donors (Lipinski definition) is 1. The van der Waals surface area contributed by atoms with Gasteiger partial charge in [-0.25, -0.2) is 0 Å². The summed E-state index contributed by atoms with van der Waals surface area (Å²) < 4.78 is 6.43. The highest BCUT2D eigenvalue weighted by molar-refractivity contribution is 9.10. The molecule has 0 bridgehead atoms. The molecule has 1 aromatic carbocycles. The summed E-state index contributed by atoms with van der Waals surface area (Å²) in [6.45, 7) is 1.87. The Kier molecular flexibility index (Phi) is 5.03. The largest absolute Gasteiger partial charge is 0.385 e. The zero-order valence-corrected chi connectivity index (χ0v) is 11.9. The van der Waals surface area contributed by atoms with E-state index in [1.807, 2.05) is 18.2 Å². The summed E-state index contributed by atoms with van der Waals surface area (Å²) in [5, 5.41) is 12.2. The van der Waals surface area contributed by atoms with Gasteiger partial charge in [0.25, 0.3) is 0 Å². The predicted molar refractivity (Wildman–Crippen MR) is 75.6 cm³/mol. The maximum absolute atomic E-state index is 8.83. The van der Waals surface area contributed by atoms with Gasteiger partial charge in [0, 0.05) is 23.3 Å². The smallest absolute Gasteiger partial charge is 0.100 e. The molecule has 1 aliphatic rings. The molecule has 18 heavy (non-hydrogen) atoms. The molecule has 0 aliphatic carbocycles. The molecule has 1 heterocycles. The van der Waals surface area contributed by atoms with Crippen LogP contribution in [0.5, 0.6) is 0 Å². The number of ether oxygens (including phenoxy) is 1. The molecule has 1 unspecified atom stereocenters. The molecule has 1 N–H and O–H groups in total. The summed E-state index contributed by atoms with van der Waals surface area (Å²) in [6, 6.07) is 7.85. The van der Waals surface area contributed by atoms with Crippen LogP contribution in [0.3, 0.4) is 0 Å². The number of nitriles is 1. The van der Waals surface area contributed by atoms with Crippen molar-refractivity contribution in [3.63, 3.8) is 0 Å². The van der Waals surface area contributed by atoms with Crippen molar-refractivity contribution in [3.8, 4) is 6.07 Å². The Morgan fingerprint density at radius 3 is 3.06 bits per heavy atom. The van der Waals surface area contributed by atoms with Gasteiger partial charge in [-0.3, -0.25) is 0 Å². The van der Waals surface area contributed by atoms with E-state index in [1.54, 1.807) is 0 Å². The van der Waals surface area contributed by atoms with Crippen molar-refractivity contribution in [2.75, 3.05) is 18.5 Å². The molecule has 4 heteroatoms. The van der Waals surface area contributed by atoms with Crippen molar-refractivity contribution in [1.82, 2.24) is 0 Å². The molecule has 0 aromatic heterocycles. The Morgan fingerprint density at radius 1 is 1.50 bits per heavy atom. The van der Waals surface area contributed by atoms with Gasteiger partial charge in [-0.1, -0.05) is 0 Å². The first-order valence-electron chi connectivity index (χ1n) is 6.35. The van der Waals surface area contributed by atoms with Crippen LogP contribution in [0.15, 0.2) is 22.7 Å². The van der Waals surface area contributed by atoms with Crippen LogP contribution in [0, 0.1) is 11.3 Å². The van der Waals surface area contributed by atoms with Crippen LogP contribution in [0.1, 0.15) is 31.2 Å². The van der Waals surface area contributed by atoms with Crippen LogP contribution < -0.4 is 5.32 Å². The Morgan fingerprint density at radius 2 is 2.39 bits per heavy atom. The Labute approximate surface area is 116 Å². The average Bonchev–Trinajstić information content (AvgIpc) is 2.88. The topological polar surface area (TPSA) is 45.0 Å². The number of rotatable bonds is 5. The fraction of sp³-hybridized carbons (Fsp3) is 0.500. The number of nitrogens with one attached hydrogen (secondary N) is 1. The van der Waals surface area contributed by atoms with Gasteiger partial charge in [-0.15, -0.1) is 0 Å². The van der Waals surface area contributed by atoms with Crippen molar-refractivity contribution in [2.24, 2.45) is 0 Å². The van der Waals surface area contributed by atoms with E-state index in [1.165, 1.54) is 12.8 Å². The van der Waals surface area contributed by atoms with E-state index >= 15 is 0 Å². The average molecular weight is 309 g/mol. The van der Waals surface area contributed by atoms with E-state index in [0.29, 0.717) is 11.7 Å². The van der Waals surface area contributed by atoms with Gasteiger partial charge in [0.15, 0.2) is 0 Å². The van der Waals surface area contributed by atoms with E-state index in [-0.39, 0.29) is 0 Å². The number of nitrogens with zero attached hydrogens (tertiary/aromatic N) is 1. The SMILES string of the molecule is N#Cc1ccc(NCCCC2CCCO2)cc1Br. The first kappa shape index (κ1) is 13.4. The van der Waals surface area contributed by atoms with Crippen LogP contribution in [0.25, 0.3) is 0 Å². The molecule has 1 atom stereocenters. The fourth-order valence-electron chi connectivity index (χ4n) is 2.15. The molecule has 0 spiro atoms. The van der Waals surface area contributed by atoms with Gasteiger partial charge in [-0.05, 0) is 59.8 Å². The van der Waals surface area contributed by atoms with Crippen LogP contribution >= 0.6 is 15.9 Å². The summed E-state index contributed by atoms with van der Waals surface area (Å²) >= 11 is 3.39. The minimum atomic E-state index is 0.472. The molecule has 96 valence electrons. The lowest BCUT2D eigenvalue weighted by Crippen LogP contribution is -2.09. The van der Waals surface area contributed by atoms with Gasteiger partial charge in [-0.2, -0.15) is 5.26 Å². The van der Waals surface area contributed by atoms with E-state index in [9.17, 15) is 0 Å². The van der Waals surface area contributed by atoms with E-state index in [4.69, 9.17) is 10.00 Å². The zero-order valence-electron chi connectivity index (χ0n) is 10.3. The molecular formula is C14H17BrN2O. The monoisotopic (exact) mass is 308 g/mol. The molecule has 3 nitrogen and oxygen atoms in total. The van der Waals surface area contributed by atoms with E-state index in [0.717, 1.165) is 36.2 Å². The second kappa shape index (κ2) is 6.77. The molecule has 0 radical (unpaired) electrons. The molecule has 0 saturated carbocycles. The molecule has 0 amide bonds. The summed E-state index contributed by atoms with van der Waals surface area (Å²) in [6.07, 6.45) is 5.13. The van der Waals surface area contributed by atoms with Gasteiger partial charge >= 0.3 is 0 Å². The predicted octanol–water partition coefficient (Wildman–Crippen LogP) is 3.69. The molecular weight excluding hydrogens is 292 g/mol. The summed E-state index contributed by atoms with van der Waals surface area (Å²) in [7, 11) is 0. The lowest BCUT2D eigenvalue weighted by Gasteiger charge is -2.10. The van der Waals surface area contributed by atoms with Crippen molar-refractivity contribution < 1.29 is 4.74 Å². The quantitative estimate of drug-likeness (QED) is 0.844. The maximum Gasteiger partial charge on any atom is 0.100 e. The van der Waals surface area contributed by atoms with Gasteiger partial charge in [0.2, 0.25) is 0 Å². The maximum atomic E-state index is 8.83. The molecule has 2 rings (SSSR count). The van der Waals surface area contributed by atoms with Crippen molar-refractivity contribution in [1.29, 1.82) is 5.26 Å². The molecule has 1 fully saturated rings. The van der Waals surface area contributed by atoms with Crippen LogP contribution in [0.4, 0.5) is 5.69 Å². The third kappa shape index (κ3) is 3.72. The molecule has 1 aromatic rings. The fourth-order valence-corrected chi connectivity index (χ4v) is 2.62. The van der Waals surface area contributed by atoms with Gasteiger partial charge < -0.3 is 10.1 Å². The third-order valence-electron chi connectivity index (χ3n) is 3.15. The van der Waals surface area contributed by atoms with Crippen LogP contribution in [0.2, 0.25) is 0 Å². The summed E-state index contributed by atoms with van der Waals surface area (Å²) in [5.74, 6) is 0. The highest BCUT2D eigenvalue weighted by Crippen LogP contribution is 2.21. The molecule has 1 aliphatic heterocycles. The molecule has 1 saturated heterocycles. The third-order valence-corrected chi connectivity index (χ3v) is 3.80. The lowest BCUT2D eigenvalue weighted by atomic mass is 10.1. The van der Waals surface area contributed by atoms with E-state index in [2.05, 4.69) is 27.3 Å². The van der Waals surface area contributed by atoms with Crippen LogP contribution in [-0.4, -0.2) is 19.3 Å².